The Morgan fingerprint density at radius 2 is 1.96 bits per heavy atom. The largest absolute Gasteiger partial charge is 0.462 e. The molecule has 2 rings (SSSR count). The van der Waals surface area contributed by atoms with E-state index in [2.05, 4.69) is 15.3 Å². The molecule has 0 aliphatic rings. The van der Waals surface area contributed by atoms with Gasteiger partial charge in [0.05, 0.1) is 17.1 Å². The first kappa shape index (κ1) is 17.1. The summed E-state index contributed by atoms with van der Waals surface area (Å²) in [5.74, 6) is -0.157. The summed E-state index contributed by atoms with van der Waals surface area (Å²) < 4.78 is 4.90. The lowest BCUT2D eigenvalue weighted by molar-refractivity contribution is -0.383. The van der Waals surface area contributed by atoms with Crippen LogP contribution in [0, 0.1) is 10.1 Å². The third-order valence-electron chi connectivity index (χ3n) is 3.07. The quantitative estimate of drug-likeness (QED) is 0.488. The Bertz CT molecular complexity index is 746. The van der Waals surface area contributed by atoms with Gasteiger partial charge in [-0.2, -0.15) is 0 Å². The van der Waals surface area contributed by atoms with Crippen molar-refractivity contribution in [3.63, 3.8) is 0 Å². The van der Waals surface area contributed by atoms with Gasteiger partial charge in [-0.25, -0.2) is 14.8 Å². The highest BCUT2D eigenvalue weighted by Crippen LogP contribution is 2.32. The lowest BCUT2D eigenvalue weighted by Crippen LogP contribution is -2.14. The monoisotopic (exact) mass is 331 g/mol. The van der Waals surface area contributed by atoms with Crippen molar-refractivity contribution >= 4 is 29.0 Å². The third kappa shape index (κ3) is 3.75. The van der Waals surface area contributed by atoms with Crippen LogP contribution in [0.2, 0.25) is 0 Å². The van der Waals surface area contributed by atoms with Crippen molar-refractivity contribution < 1.29 is 14.5 Å². The van der Waals surface area contributed by atoms with Crippen molar-refractivity contribution in [2.24, 2.45) is 0 Å². The minimum Gasteiger partial charge on any atom is -0.462 e. The number of hydrogen-bond acceptors (Lipinski definition) is 8. The molecule has 2 aromatic rings. The van der Waals surface area contributed by atoms with Gasteiger partial charge in [0.1, 0.15) is 6.33 Å². The van der Waals surface area contributed by atoms with Crippen molar-refractivity contribution in [1.29, 1.82) is 0 Å². The van der Waals surface area contributed by atoms with Crippen LogP contribution in [0.4, 0.5) is 23.0 Å². The highest BCUT2D eigenvalue weighted by atomic mass is 16.6. The first-order valence-corrected chi connectivity index (χ1v) is 7.15. The molecule has 24 heavy (non-hydrogen) atoms. The molecular weight excluding hydrogens is 314 g/mol. The summed E-state index contributed by atoms with van der Waals surface area (Å²) >= 11 is 0. The Morgan fingerprint density at radius 3 is 2.50 bits per heavy atom. The zero-order chi connectivity index (χ0) is 17.7. The zero-order valence-electron chi connectivity index (χ0n) is 13.5. The molecule has 0 saturated carbocycles. The van der Waals surface area contributed by atoms with Crippen LogP contribution in [0.5, 0.6) is 0 Å². The van der Waals surface area contributed by atoms with E-state index in [1.54, 1.807) is 45.3 Å². The highest BCUT2D eigenvalue weighted by Gasteiger charge is 2.24. The minimum absolute atomic E-state index is 0.0718. The number of nitro groups is 1. The second kappa shape index (κ2) is 7.36. The van der Waals surface area contributed by atoms with E-state index in [0.29, 0.717) is 17.9 Å². The fraction of sp³-hybridized carbons (Fsp3) is 0.267. The normalized spacial score (nSPS) is 10.1. The van der Waals surface area contributed by atoms with Gasteiger partial charge in [0.15, 0.2) is 0 Å². The van der Waals surface area contributed by atoms with E-state index >= 15 is 0 Å². The van der Waals surface area contributed by atoms with Crippen LogP contribution >= 0.6 is 0 Å². The molecule has 1 aromatic carbocycles. The third-order valence-corrected chi connectivity index (χ3v) is 3.07. The summed E-state index contributed by atoms with van der Waals surface area (Å²) in [6, 6.07) is 6.38. The molecule has 0 unspecified atom stereocenters. The average molecular weight is 331 g/mol. The number of ether oxygens (including phenoxy) is 1. The van der Waals surface area contributed by atoms with Crippen LogP contribution in [0.1, 0.15) is 17.3 Å². The second-order valence-corrected chi connectivity index (χ2v) is 4.97. The van der Waals surface area contributed by atoms with E-state index in [-0.39, 0.29) is 17.3 Å². The van der Waals surface area contributed by atoms with Crippen molar-refractivity contribution in [2.75, 3.05) is 30.9 Å². The van der Waals surface area contributed by atoms with Crippen molar-refractivity contribution in [3.05, 3.63) is 46.3 Å². The summed E-state index contributed by atoms with van der Waals surface area (Å²) in [5, 5.41) is 14.2. The Kier molecular flexibility index (Phi) is 5.25. The van der Waals surface area contributed by atoms with Gasteiger partial charge in [0.25, 0.3) is 0 Å². The van der Waals surface area contributed by atoms with Gasteiger partial charge >= 0.3 is 11.7 Å². The molecule has 0 radical (unpaired) electrons. The van der Waals surface area contributed by atoms with Crippen LogP contribution in [-0.2, 0) is 4.74 Å². The first-order chi connectivity index (χ1) is 11.4. The van der Waals surface area contributed by atoms with E-state index in [4.69, 9.17) is 4.74 Å². The van der Waals surface area contributed by atoms with Gasteiger partial charge in [-0.15, -0.1) is 0 Å². The van der Waals surface area contributed by atoms with Crippen LogP contribution in [0.3, 0.4) is 0 Å². The van der Waals surface area contributed by atoms with Gasteiger partial charge in [-0.3, -0.25) is 10.1 Å². The van der Waals surface area contributed by atoms with Crippen molar-refractivity contribution in [2.45, 2.75) is 6.92 Å². The molecule has 9 nitrogen and oxygen atoms in total. The zero-order valence-corrected chi connectivity index (χ0v) is 13.5. The summed E-state index contributed by atoms with van der Waals surface area (Å²) in [6.07, 6.45) is 1.25. The molecule has 1 N–H and O–H groups in total. The Hall–Kier alpha value is -3.23. The first-order valence-electron chi connectivity index (χ1n) is 7.15. The van der Waals surface area contributed by atoms with E-state index in [1.807, 2.05) is 0 Å². The molecular formula is C15H17N5O4. The molecule has 0 spiro atoms. The van der Waals surface area contributed by atoms with Crippen LogP contribution in [0.15, 0.2) is 30.6 Å². The number of nitrogens with zero attached hydrogens (tertiary/aromatic N) is 4. The van der Waals surface area contributed by atoms with Gasteiger partial charge in [-0.05, 0) is 31.2 Å². The maximum Gasteiger partial charge on any atom is 0.353 e. The SMILES string of the molecule is CCOC(=O)c1ccc(Nc2ncnc(N(C)C)c2[N+](=O)[O-])cc1. The number of carbonyl (C=O) groups excluding carboxylic acids is 1. The number of aromatic nitrogens is 2. The topological polar surface area (TPSA) is 110 Å². The van der Waals surface area contributed by atoms with E-state index in [1.165, 1.54) is 11.2 Å². The van der Waals surface area contributed by atoms with E-state index in [9.17, 15) is 14.9 Å². The average Bonchev–Trinajstić information content (AvgIpc) is 2.55. The lowest BCUT2D eigenvalue weighted by Gasteiger charge is -2.13. The molecule has 1 aromatic heterocycles. The Labute approximate surface area is 138 Å². The van der Waals surface area contributed by atoms with Crippen molar-refractivity contribution in [3.8, 4) is 0 Å². The number of anilines is 3. The summed E-state index contributed by atoms with van der Waals surface area (Å²) in [7, 11) is 3.32. The number of rotatable bonds is 6. The molecule has 0 saturated heterocycles. The van der Waals surface area contributed by atoms with Crippen LogP contribution in [-0.4, -0.2) is 41.6 Å². The van der Waals surface area contributed by atoms with Crippen molar-refractivity contribution in [1.82, 2.24) is 9.97 Å². The molecule has 0 fully saturated rings. The fourth-order valence-corrected chi connectivity index (χ4v) is 2.00. The van der Waals surface area contributed by atoms with Gasteiger partial charge < -0.3 is 15.0 Å². The minimum atomic E-state index is -0.537. The second-order valence-electron chi connectivity index (χ2n) is 4.97. The predicted molar refractivity (Wildman–Crippen MR) is 88.7 cm³/mol. The van der Waals surface area contributed by atoms with Gasteiger partial charge in [0.2, 0.25) is 11.6 Å². The maximum atomic E-state index is 11.6. The number of benzene rings is 1. The van der Waals surface area contributed by atoms with Crippen LogP contribution in [0.25, 0.3) is 0 Å². The summed E-state index contributed by atoms with van der Waals surface area (Å²) in [5.41, 5.74) is 0.722. The Balaban J connectivity index is 2.30. The summed E-state index contributed by atoms with van der Waals surface area (Å²) in [4.78, 5) is 31.8. The highest BCUT2D eigenvalue weighted by molar-refractivity contribution is 5.90. The lowest BCUT2D eigenvalue weighted by atomic mass is 10.2. The maximum absolute atomic E-state index is 11.6. The number of hydrogen-bond donors (Lipinski definition) is 1. The fourth-order valence-electron chi connectivity index (χ4n) is 2.00. The molecule has 0 aliphatic carbocycles. The molecule has 9 heteroatoms. The van der Waals surface area contributed by atoms with Gasteiger partial charge in [0, 0.05) is 19.8 Å². The molecule has 0 bridgehead atoms. The molecule has 0 atom stereocenters. The van der Waals surface area contributed by atoms with Crippen LogP contribution < -0.4 is 10.2 Å². The molecule has 1 heterocycles. The number of esters is 1. The molecule has 0 amide bonds. The number of carbonyl (C=O) groups is 1. The van der Waals surface area contributed by atoms with Gasteiger partial charge in [-0.1, -0.05) is 0 Å². The smallest absolute Gasteiger partial charge is 0.353 e. The van der Waals surface area contributed by atoms with E-state index in [0.717, 1.165) is 0 Å². The predicted octanol–water partition coefficient (Wildman–Crippen LogP) is 2.37. The molecule has 0 aliphatic heterocycles. The Morgan fingerprint density at radius 1 is 1.29 bits per heavy atom. The standard InChI is InChI=1S/C15H17N5O4/c1-4-24-15(21)10-5-7-11(8-6-10)18-13-12(20(22)23)14(19(2)3)17-9-16-13/h5-9H,4H2,1-3H3,(H,16,17,18). The molecule has 126 valence electrons. The summed E-state index contributed by atoms with van der Waals surface area (Å²) in [6.45, 7) is 2.02. The van der Waals surface area contributed by atoms with E-state index < -0.39 is 10.9 Å². The number of nitrogens with one attached hydrogen (secondary N) is 1.